The SMILES string of the molecule is CCNc1ccn(C2O[C@@](CO)(N=[N+]=[N-])C(O)[C@@H]2F)c(=O)n1. The van der Waals surface area contributed by atoms with Crippen LogP contribution in [0.2, 0.25) is 0 Å². The second-order valence-electron chi connectivity index (χ2n) is 4.62. The fraction of sp³-hybridized carbons (Fsp3) is 0.636. The van der Waals surface area contributed by atoms with E-state index < -0.39 is 36.5 Å². The van der Waals surface area contributed by atoms with Crippen LogP contribution in [0.4, 0.5) is 10.2 Å². The van der Waals surface area contributed by atoms with Gasteiger partial charge >= 0.3 is 5.69 Å². The van der Waals surface area contributed by atoms with Crippen LogP contribution in [0, 0.1) is 0 Å². The van der Waals surface area contributed by atoms with Crippen LogP contribution < -0.4 is 11.0 Å². The maximum atomic E-state index is 14.2. The van der Waals surface area contributed by atoms with Crippen molar-refractivity contribution in [2.24, 2.45) is 5.11 Å². The second-order valence-corrected chi connectivity index (χ2v) is 4.62. The van der Waals surface area contributed by atoms with Gasteiger partial charge < -0.3 is 20.3 Å². The molecule has 11 heteroatoms. The van der Waals surface area contributed by atoms with Gasteiger partial charge in [0.05, 0.1) is 6.61 Å². The van der Waals surface area contributed by atoms with E-state index in [1.165, 1.54) is 12.3 Å². The van der Waals surface area contributed by atoms with Crippen molar-refractivity contribution in [1.82, 2.24) is 9.55 Å². The van der Waals surface area contributed by atoms with Gasteiger partial charge in [0.25, 0.3) is 0 Å². The Morgan fingerprint density at radius 3 is 3.00 bits per heavy atom. The van der Waals surface area contributed by atoms with Crippen LogP contribution in [0.3, 0.4) is 0 Å². The molecule has 22 heavy (non-hydrogen) atoms. The lowest BCUT2D eigenvalue weighted by atomic mass is 10.1. The van der Waals surface area contributed by atoms with Crippen molar-refractivity contribution in [2.75, 3.05) is 18.5 Å². The van der Waals surface area contributed by atoms with Gasteiger partial charge in [-0.1, -0.05) is 5.11 Å². The highest BCUT2D eigenvalue weighted by molar-refractivity contribution is 5.31. The fourth-order valence-electron chi connectivity index (χ4n) is 2.17. The molecular weight excluding hydrogens is 299 g/mol. The Morgan fingerprint density at radius 1 is 1.73 bits per heavy atom. The third-order valence-corrected chi connectivity index (χ3v) is 3.26. The highest BCUT2D eigenvalue weighted by Crippen LogP contribution is 2.39. The molecule has 2 unspecified atom stereocenters. The third kappa shape index (κ3) is 2.62. The van der Waals surface area contributed by atoms with E-state index in [9.17, 15) is 19.4 Å². The van der Waals surface area contributed by atoms with Gasteiger partial charge in [0.15, 0.2) is 12.4 Å². The Bertz CT molecular complexity index is 648. The predicted molar refractivity (Wildman–Crippen MR) is 72.6 cm³/mol. The number of hydrogen-bond acceptors (Lipinski definition) is 7. The zero-order chi connectivity index (χ0) is 16.3. The van der Waals surface area contributed by atoms with Crippen molar-refractivity contribution in [2.45, 2.75) is 31.2 Å². The smallest absolute Gasteiger partial charge is 0.351 e. The first-order valence-corrected chi connectivity index (χ1v) is 6.49. The zero-order valence-corrected chi connectivity index (χ0v) is 11.6. The van der Waals surface area contributed by atoms with Crippen molar-refractivity contribution in [3.05, 3.63) is 33.2 Å². The first-order valence-electron chi connectivity index (χ1n) is 6.49. The number of aliphatic hydroxyl groups excluding tert-OH is 2. The van der Waals surface area contributed by atoms with Gasteiger partial charge in [0.2, 0.25) is 5.72 Å². The monoisotopic (exact) mass is 314 g/mol. The van der Waals surface area contributed by atoms with Crippen LogP contribution in [0.25, 0.3) is 10.4 Å². The second kappa shape index (κ2) is 6.28. The lowest BCUT2D eigenvalue weighted by molar-refractivity contribution is -0.124. The molecule has 4 atom stereocenters. The highest BCUT2D eigenvalue weighted by atomic mass is 19.1. The maximum Gasteiger partial charge on any atom is 0.351 e. The van der Waals surface area contributed by atoms with E-state index in [4.69, 9.17) is 10.3 Å². The number of anilines is 1. The number of aliphatic hydroxyl groups is 2. The number of nitrogens with zero attached hydrogens (tertiary/aromatic N) is 5. The minimum absolute atomic E-state index is 0.307. The molecule has 0 aromatic carbocycles. The first-order chi connectivity index (χ1) is 10.5. The van der Waals surface area contributed by atoms with Gasteiger partial charge in [-0.25, -0.2) is 9.18 Å². The number of nitrogens with one attached hydrogen (secondary N) is 1. The van der Waals surface area contributed by atoms with Crippen molar-refractivity contribution in [3.63, 3.8) is 0 Å². The van der Waals surface area contributed by atoms with E-state index in [1.807, 2.05) is 6.92 Å². The van der Waals surface area contributed by atoms with Crippen molar-refractivity contribution >= 4 is 5.82 Å². The van der Waals surface area contributed by atoms with E-state index in [0.717, 1.165) is 4.57 Å². The fourth-order valence-corrected chi connectivity index (χ4v) is 2.17. The number of rotatable bonds is 5. The molecule has 0 amide bonds. The van der Waals surface area contributed by atoms with Crippen LogP contribution in [0.5, 0.6) is 0 Å². The number of alkyl halides is 1. The van der Waals surface area contributed by atoms with E-state index in [2.05, 4.69) is 20.3 Å². The first kappa shape index (κ1) is 16.2. The molecule has 1 aliphatic heterocycles. The molecule has 1 aromatic heterocycles. The zero-order valence-electron chi connectivity index (χ0n) is 11.6. The Morgan fingerprint density at radius 2 is 2.45 bits per heavy atom. The van der Waals surface area contributed by atoms with E-state index in [0.29, 0.717) is 12.4 Å². The molecule has 0 aliphatic carbocycles. The summed E-state index contributed by atoms with van der Waals surface area (Å²) < 4.78 is 20.2. The molecule has 0 bridgehead atoms. The molecule has 10 nitrogen and oxygen atoms in total. The molecular formula is C11H15FN6O4. The van der Waals surface area contributed by atoms with E-state index in [1.54, 1.807) is 0 Å². The van der Waals surface area contributed by atoms with Crippen LogP contribution in [0.15, 0.2) is 22.2 Å². The molecule has 1 aromatic rings. The summed E-state index contributed by atoms with van der Waals surface area (Å²) in [6, 6.07) is 1.43. The van der Waals surface area contributed by atoms with Crippen molar-refractivity contribution < 1.29 is 19.3 Å². The van der Waals surface area contributed by atoms with Crippen LogP contribution in [-0.2, 0) is 4.74 Å². The predicted octanol–water partition coefficient (Wildman–Crippen LogP) is -0.0982. The normalized spacial score (nSPS) is 30.8. The average molecular weight is 314 g/mol. The van der Waals surface area contributed by atoms with Gasteiger partial charge in [-0.15, -0.1) is 0 Å². The van der Waals surface area contributed by atoms with E-state index in [-0.39, 0.29) is 0 Å². The molecule has 0 spiro atoms. The number of azide groups is 1. The van der Waals surface area contributed by atoms with Crippen molar-refractivity contribution in [3.8, 4) is 0 Å². The lowest BCUT2D eigenvalue weighted by Gasteiger charge is -2.23. The maximum absolute atomic E-state index is 14.2. The van der Waals surface area contributed by atoms with Crippen LogP contribution >= 0.6 is 0 Å². The number of aromatic nitrogens is 2. The molecule has 2 rings (SSSR count). The van der Waals surface area contributed by atoms with Gasteiger partial charge in [-0.05, 0) is 18.5 Å². The summed E-state index contributed by atoms with van der Waals surface area (Å²) in [6.07, 6.45) is -4.33. The minimum Gasteiger partial charge on any atom is -0.393 e. The van der Waals surface area contributed by atoms with Crippen molar-refractivity contribution in [1.29, 1.82) is 0 Å². The molecule has 2 heterocycles. The largest absolute Gasteiger partial charge is 0.393 e. The Balaban J connectivity index is 2.38. The molecule has 3 N–H and O–H groups in total. The van der Waals surface area contributed by atoms with Gasteiger partial charge in [-0.3, -0.25) is 4.57 Å². The summed E-state index contributed by atoms with van der Waals surface area (Å²) in [5, 5.41) is 25.0. The summed E-state index contributed by atoms with van der Waals surface area (Å²) in [7, 11) is 0. The molecule has 120 valence electrons. The van der Waals surface area contributed by atoms with E-state index >= 15 is 0 Å². The minimum atomic E-state index is -2.18. The topological polar surface area (TPSA) is 145 Å². The van der Waals surface area contributed by atoms with Crippen LogP contribution in [-0.4, -0.2) is 50.9 Å². The third-order valence-electron chi connectivity index (χ3n) is 3.26. The lowest BCUT2D eigenvalue weighted by Crippen LogP contribution is -2.43. The molecule has 1 saturated heterocycles. The summed E-state index contributed by atoms with van der Waals surface area (Å²) in [5.41, 5.74) is 5.48. The van der Waals surface area contributed by atoms with Gasteiger partial charge in [-0.2, -0.15) is 4.98 Å². The standard InChI is InChI=1S/C11H15FN6O4/c1-2-14-6-3-4-18(10(21)15-6)9-7(12)8(20)11(5-19,22-9)16-17-13/h3-4,7-9,19-20H,2,5H2,1H3,(H,14,15,21)/t7-,8?,9?,11+/m0/s1. The van der Waals surface area contributed by atoms with Crippen LogP contribution in [0.1, 0.15) is 13.2 Å². The molecule has 1 aliphatic rings. The molecule has 0 radical (unpaired) electrons. The Hall–Kier alpha value is -2.20. The number of hydrogen-bond donors (Lipinski definition) is 3. The number of ether oxygens (including phenoxy) is 1. The van der Waals surface area contributed by atoms with Gasteiger partial charge in [0, 0.05) is 17.7 Å². The van der Waals surface area contributed by atoms with Gasteiger partial charge in [0.1, 0.15) is 11.9 Å². The summed E-state index contributed by atoms with van der Waals surface area (Å²) in [5.74, 6) is 0.307. The highest BCUT2D eigenvalue weighted by Gasteiger charge is 2.56. The Labute approximate surface area is 123 Å². The Kier molecular flexibility index (Phi) is 4.62. The average Bonchev–Trinajstić information content (AvgIpc) is 2.74. The number of halogens is 1. The molecule has 0 saturated carbocycles. The summed E-state index contributed by atoms with van der Waals surface area (Å²) in [6.45, 7) is 1.43. The summed E-state index contributed by atoms with van der Waals surface area (Å²) >= 11 is 0. The molecule has 1 fully saturated rings. The summed E-state index contributed by atoms with van der Waals surface area (Å²) in [4.78, 5) is 18.1. The quantitative estimate of drug-likeness (QED) is 0.393.